The number of hydrogen-bond acceptors (Lipinski definition) is 2. The molecule has 1 aliphatic heterocycles. The molecule has 3 heteroatoms. The Kier molecular flexibility index (Phi) is 5.49. The van der Waals surface area contributed by atoms with Gasteiger partial charge in [0.05, 0.1) is 0 Å². The summed E-state index contributed by atoms with van der Waals surface area (Å²) >= 11 is 0. The second-order valence-corrected chi connectivity index (χ2v) is 6.69. The standard InChI is InChI=1S/C19H28N2O/c22-19(16-11-12-16)21-14-8-4-2-1-3-7-13-20-15-17-9-5-6-10-18(17)21/h5-6,9-10,16,20H,1-4,7-8,11-15H2. The number of amides is 1. The first-order chi connectivity index (χ1) is 10.9. The second kappa shape index (κ2) is 7.77. The topological polar surface area (TPSA) is 32.3 Å². The highest BCUT2D eigenvalue weighted by Crippen LogP contribution is 2.34. The third-order valence-corrected chi connectivity index (χ3v) is 4.78. The van der Waals surface area contributed by atoms with Crippen LogP contribution >= 0.6 is 0 Å². The summed E-state index contributed by atoms with van der Waals surface area (Å²) in [6, 6.07) is 8.43. The Morgan fingerprint density at radius 2 is 1.73 bits per heavy atom. The zero-order chi connectivity index (χ0) is 15.2. The summed E-state index contributed by atoms with van der Waals surface area (Å²) in [5.74, 6) is 0.638. The number of carbonyl (C=O) groups excluding carboxylic acids is 1. The van der Waals surface area contributed by atoms with Crippen molar-refractivity contribution in [2.24, 2.45) is 5.92 Å². The fourth-order valence-corrected chi connectivity index (χ4v) is 3.27. The lowest BCUT2D eigenvalue weighted by molar-refractivity contribution is -0.119. The lowest BCUT2D eigenvalue weighted by atomic mass is 10.1. The lowest BCUT2D eigenvalue weighted by Crippen LogP contribution is -2.34. The van der Waals surface area contributed by atoms with Crippen molar-refractivity contribution in [2.45, 2.75) is 57.9 Å². The number of para-hydroxylation sites is 1. The molecular weight excluding hydrogens is 272 g/mol. The molecule has 1 heterocycles. The fourth-order valence-electron chi connectivity index (χ4n) is 3.27. The number of nitrogens with zero attached hydrogens (tertiary/aromatic N) is 1. The SMILES string of the molecule is O=C(C1CC1)N1CCCCCCCCNCc2ccccc21. The predicted molar refractivity (Wildman–Crippen MR) is 90.9 cm³/mol. The van der Waals surface area contributed by atoms with Crippen molar-refractivity contribution in [3.63, 3.8) is 0 Å². The second-order valence-electron chi connectivity index (χ2n) is 6.69. The number of rotatable bonds is 1. The number of carbonyl (C=O) groups is 1. The normalized spacial score (nSPS) is 21.2. The number of hydrogen-bond donors (Lipinski definition) is 1. The van der Waals surface area contributed by atoms with E-state index >= 15 is 0 Å². The molecule has 1 aliphatic carbocycles. The van der Waals surface area contributed by atoms with Gasteiger partial charge in [-0.25, -0.2) is 0 Å². The Bertz CT molecular complexity index is 496. The largest absolute Gasteiger partial charge is 0.313 e. The predicted octanol–water partition coefficient (Wildman–Crippen LogP) is 3.87. The quantitative estimate of drug-likeness (QED) is 0.854. The Morgan fingerprint density at radius 3 is 2.55 bits per heavy atom. The van der Waals surface area contributed by atoms with E-state index in [1.54, 1.807) is 0 Å². The zero-order valence-electron chi connectivity index (χ0n) is 13.5. The molecule has 0 aromatic heterocycles. The Balaban J connectivity index is 1.80. The number of benzene rings is 1. The van der Waals surface area contributed by atoms with Crippen LogP contribution in [0.1, 0.15) is 56.9 Å². The fraction of sp³-hybridized carbons (Fsp3) is 0.632. The van der Waals surface area contributed by atoms with Gasteiger partial charge >= 0.3 is 0 Å². The van der Waals surface area contributed by atoms with E-state index in [0.29, 0.717) is 5.91 Å². The molecule has 1 aromatic rings. The van der Waals surface area contributed by atoms with Gasteiger partial charge in [0.1, 0.15) is 0 Å². The number of nitrogens with one attached hydrogen (secondary N) is 1. The highest BCUT2D eigenvalue weighted by molar-refractivity contribution is 5.97. The van der Waals surface area contributed by atoms with E-state index in [-0.39, 0.29) is 5.92 Å². The van der Waals surface area contributed by atoms with Crippen LogP contribution in [0.3, 0.4) is 0 Å². The van der Waals surface area contributed by atoms with Crippen LogP contribution in [0.5, 0.6) is 0 Å². The van der Waals surface area contributed by atoms with Crippen molar-refractivity contribution in [3.05, 3.63) is 29.8 Å². The van der Waals surface area contributed by atoms with E-state index in [4.69, 9.17) is 0 Å². The molecule has 1 amide bonds. The van der Waals surface area contributed by atoms with E-state index in [9.17, 15) is 4.79 Å². The molecule has 0 atom stereocenters. The monoisotopic (exact) mass is 300 g/mol. The Morgan fingerprint density at radius 1 is 1.00 bits per heavy atom. The minimum Gasteiger partial charge on any atom is -0.313 e. The van der Waals surface area contributed by atoms with Gasteiger partial charge in [-0.15, -0.1) is 0 Å². The van der Waals surface area contributed by atoms with Crippen LogP contribution in [-0.4, -0.2) is 19.0 Å². The average Bonchev–Trinajstić information content (AvgIpc) is 3.37. The Hall–Kier alpha value is -1.35. The molecule has 0 saturated heterocycles. The summed E-state index contributed by atoms with van der Waals surface area (Å²) in [6.07, 6.45) is 9.72. The average molecular weight is 300 g/mol. The number of fused-ring (bicyclic) bond motifs is 1. The number of anilines is 1. The maximum atomic E-state index is 12.7. The smallest absolute Gasteiger partial charge is 0.230 e. The first-order valence-electron chi connectivity index (χ1n) is 8.96. The first-order valence-corrected chi connectivity index (χ1v) is 8.96. The third kappa shape index (κ3) is 4.10. The van der Waals surface area contributed by atoms with Gasteiger partial charge in [0.25, 0.3) is 0 Å². The molecule has 1 aromatic carbocycles. The molecule has 0 radical (unpaired) electrons. The van der Waals surface area contributed by atoms with E-state index in [2.05, 4.69) is 34.5 Å². The summed E-state index contributed by atoms with van der Waals surface area (Å²) in [6.45, 7) is 2.82. The van der Waals surface area contributed by atoms with Crippen molar-refractivity contribution in [2.75, 3.05) is 18.0 Å². The van der Waals surface area contributed by atoms with E-state index < -0.39 is 0 Å². The van der Waals surface area contributed by atoms with Crippen LogP contribution in [0.2, 0.25) is 0 Å². The van der Waals surface area contributed by atoms with Crippen LogP contribution < -0.4 is 10.2 Å². The van der Waals surface area contributed by atoms with Gasteiger partial charge < -0.3 is 10.2 Å². The van der Waals surface area contributed by atoms with Gasteiger partial charge in [-0.3, -0.25) is 4.79 Å². The van der Waals surface area contributed by atoms with Crippen molar-refractivity contribution in [3.8, 4) is 0 Å². The van der Waals surface area contributed by atoms with Crippen molar-refractivity contribution in [1.82, 2.24) is 5.32 Å². The molecule has 2 aliphatic rings. The molecule has 3 rings (SSSR count). The minimum absolute atomic E-state index is 0.289. The zero-order valence-corrected chi connectivity index (χ0v) is 13.5. The summed E-state index contributed by atoms with van der Waals surface area (Å²) < 4.78 is 0. The molecular formula is C19H28N2O. The van der Waals surface area contributed by atoms with E-state index in [1.807, 2.05) is 0 Å². The van der Waals surface area contributed by atoms with Crippen LogP contribution in [0.15, 0.2) is 24.3 Å². The highest BCUT2D eigenvalue weighted by Gasteiger charge is 2.34. The maximum absolute atomic E-state index is 12.7. The van der Waals surface area contributed by atoms with Crippen molar-refractivity contribution in [1.29, 1.82) is 0 Å². The molecule has 0 spiro atoms. The van der Waals surface area contributed by atoms with Gasteiger partial charge in [0.2, 0.25) is 5.91 Å². The van der Waals surface area contributed by atoms with Gasteiger partial charge in [0, 0.05) is 24.7 Å². The molecule has 1 fully saturated rings. The van der Waals surface area contributed by atoms with Crippen LogP contribution in [0.4, 0.5) is 5.69 Å². The van der Waals surface area contributed by atoms with Crippen molar-refractivity contribution >= 4 is 11.6 Å². The summed E-state index contributed by atoms with van der Waals surface area (Å²) in [7, 11) is 0. The lowest BCUT2D eigenvalue weighted by Gasteiger charge is -2.25. The molecule has 1 saturated carbocycles. The van der Waals surface area contributed by atoms with E-state index in [0.717, 1.165) is 44.6 Å². The van der Waals surface area contributed by atoms with Gasteiger partial charge in [-0.2, -0.15) is 0 Å². The summed E-state index contributed by atoms with van der Waals surface area (Å²) in [5.41, 5.74) is 2.39. The van der Waals surface area contributed by atoms with Gasteiger partial charge in [-0.1, -0.05) is 43.9 Å². The molecule has 0 unspecified atom stereocenters. The van der Waals surface area contributed by atoms with Crippen LogP contribution in [-0.2, 0) is 11.3 Å². The molecule has 3 nitrogen and oxygen atoms in total. The van der Waals surface area contributed by atoms with Gasteiger partial charge in [-0.05, 0) is 43.9 Å². The van der Waals surface area contributed by atoms with Crippen molar-refractivity contribution < 1.29 is 4.79 Å². The molecule has 0 bridgehead atoms. The van der Waals surface area contributed by atoms with E-state index in [1.165, 1.54) is 37.7 Å². The third-order valence-electron chi connectivity index (χ3n) is 4.78. The Labute approximate surface area is 134 Å². The van der Waals surface area contributed by atoms with Gasteiger partial charge in [0.15, 0.2) is 0 Å². The summed E-state index contributed by atoms with van der Waals surface area (Å²) in [5, 5.41) is 3.55. The molecule has 22 heavy (non-hydrogen) atoms. The first kappa shape index (κ1) is 15.5. The van der Waals surface area contributed by atoms with Crippen LogP contribution in [0.25, 0.3) is 0 Å². The summed E-state index contributed by atoms with van der Waals surface area (Å²) in [4.78, 5) is 14.8. The highest BCUT2D eigenvalue weighted by atomic mass is 16.2. The molecule has 120 valence electrons. The maximum Gasteiger partial charge on any atom is 0.230 e. The minimum atomic E-state index is 0.289. The molecule has 1 N–H and O–H groups in total. The van der Waals surface area contributed by atoms with Crippen LogP contribution in [0, 0.1) is 5.92 Å².